The Morgan fingerprint density at radius 3 is 2.45 bits per heavy atom. The van der Waals surface area contributed by atoms with E-state index in [4.69, 9.17) is 18.0 Å². The number of halogens is 1. The van der Waals surface area contributed by atoms with Crippen molar-refractivity contribution in [3.8, 4) is 0 Å². The Morgan fingerprint density at radius 2 is 2.00 bits per heavy atom. The third-order valence-corrected chi connectivity index (χ3v) is 5.11. The first kappa shape index (κ1) is 15.7. The highest BCUT2D eigenvalue weighted by molar-refractivity contribution is 9.10. The molecule has 0 bridgehead atoms. The summed E-state index contributed by atoms with van der Waals surface area (Å²) in [6.45, 7) is 0.992. The molecule has 1 aromatic rings. The Kier molecular flexibility index (Phi) is 4.72. The van der Waals surface area contributed by atoms with Crippen LogP contribution in [-0.2, 0) is 0 Å². The number of thiocarbonyl (C=S) groups is 1. The second-order valence-electron chi connectivity index (χ2n) is 5.85. The molecule has 2 N–H and O–H groups in total. The van der Waals surface area contributed by atoms with Gasteiger partial charge >= 0.3 is 0 Å². The van der Waals surface area contributed by atoms with E-state index in [1.54, 1.807) is 0 Å². The number of anilines is 1. The molecule has 1 aliphatic rings. The van der Waals surface area contributed by atoms with E-state index in [1.165, 1.54) is 19.3 Å². The van der Waals surface area contributed by atoms with Gasteiger partial charge in [0.2, 0.25) is 0 Å². The maximum Gasteiger partial charge on any atom is 0.106 e. The molecule has 2 rings (SSSR count). The predicted molar refractivity (Wildman–Crippen MR) is 93.6 cm³/mol. The number of nitrogens with zero attached hydrogens (tertiary/aromatic N) is 2. The third kappa shape index (κ3) is 3.00. The SMILES string of the molecule is CN(CC1(N(C)C)CCC1)c1cc(Br)ccc1C(N)=S. The van der Waals surface area contributed by atoms with Crippen molar-refractivity contribution < 1.29 is 0 Å². The van der Waals surface area contributed by atoms with Crippen molar-refractivity contribution in [2.45, 2.75) is 24.8 Å². The van der Waals surface area contributed by atoms with Gasteiger partial charge in [0.25, 0.3) is 0 Å². The predicted octanol–water partition coefficient (Wildman–Crippen LogP) is 3.00. The molecule has 5 heteroatoms. The highest BCUT2D eigenvalue weighted by Crippen LogP contribution is 2.38. The zero-order valence-electron chi connectivity index (χ0n) is 12.3. The van der Waals surface area contributed by atoms with Gasteiger partial charge in [0, 0.05) is 34.9 Å². The second-order valence-corrected chi connectivity index (χ2v) is 7.21. The van der Waals surface area contributed by atoms with Crippen LogP contribution in [-0.4, -0.2) is 43.1 Å². The first-order chi connectivity index (χ1) is 9.35. The van der Waals surface area contributed by atoms with Gasteiger partial charge in [-0.1, -0.05) is 28.1 Å². The van der Waals surface area contributed by atoms with Crippen molar-refractivity contribution in [3.05, 3.63) is 28.2 Å². The normalized spacial score (nSPS) is 16.9. The van der Waals surface area contributed by atoms with Gasteiger partial charge in [-0.15, -0.1) is 0 Å². The molecule has 0 spiro atoms. The van der Waals surface area contributed by atoms with Crippen LogP contribution in [0.4, 0.5) is 5.69 Å². The lowest BCUT2D eigenvalue weighted by Crippen LogP contribution is -2.56. The third-order valence-electron chi connectivity index (χ3n) is 4.40. The fourth-order valence-corrected chi connectivity index (χ4v) is 3.41. The average Bonchev–Trinajstić information content (AvgIpc) is 2.32. The molecule has 3 nitrogen and oxygen atoms in total. The number of rotatable bonds is 5. The van der Waals surface area contributed by atoms with Gasteiger partial charge in [-0.3, -0.25) is 0 Å². The lowest BCUT2D eigenvalue weighted by molar-refractivity contribution is 0.0683. The van der Waals surface area contributed by atoms with Gasteiger partial charge in [-0.05, 0) is 51.6 Å². The number of benzene rings is 1. The van der Waals surface area contributed by atoms with Crippen molar-refractivity contribution in [1.29, 1.82) is 0 Å². The largest absolute Gasteiger partial charge is 0.389 e. The van der Waals surface area contributed by atoms with Crippen LogP contribution in [0.1, 0.15) is 24.8 Å². The van der Waals surface area contributed by atoms with Crippen LogP contribution in [0.3, 0.4) is 0 Å². The summed E-state index contributed by atoms with van der Waals surface area (Å²) in [6.07, 6.45) is 3.81. The minimum atomic E-state index is 0.282. The summed E-state index contributed by atoms with van der Waals surface area (Å²) in [7, 11) is 6.46. The molecule has 0 aromatic heterocycles. The maximum atomic E-state index is 5.85. The van der Waals surface area contributed by atoms with Gasteiger partial charge in [-0.25, -0.2) is 0 Å². The Labute approximate surface area is 135 Å². The number of hydrogen-bond donors (Lipinski definition) is 1. The van der Waals surface area contributed by atoms with Gasteiger partial charge < -0.3 is 15.5 Å². The molecule has 0 unspecified atom stereocenters. The van der Waals surface area contributed by atoms with E-state index in [1.807, 2.05) is 12.1 Å². The van der Waals surface area contributed by atoms with Gasteiger partial charge in [0.1, 0.15) is 4.99 Å². The molecular weight excluding hydrogens is 334 g/mol. The summed E-state index contributed by atoms with van der Waals surface area (Å²) < 4.78 is 1.05. The molecule has 20 heavy (non-hydrogen) atoms. The summed E-state index contributed by atoms with van der Waals surface area (Å²) in [5, 5.41) is 0. The van der Waals surface area contributed by atoms with E-state index in [2.05, 4.69) is 52.9 Å². The summed E-state index contributed by atoms with van der Waals surface area (Å²) in [5.74, 6) is 0. The minimum absolute atomic E-state index is 0.282. The van der Waals surface area contributed by atoms with Crippen LogP contribution < -0.4 is 10.6 Å². The van der Waals surface area contributed by atoms with E-state index in [9.17, 15) is 0 Å². The summed E-state index contributed by atoms with van der Waals surface area (Å²) in [5.41, 5.74) is 8.17. The van der Waals surface area contributed by atoms with Crippen molar-refractivity contribution in [1.82, 2.24) is 4.90 Å². The molecule has 1 fully saturated rings. The van der Waals surface area contributed by atoms with Gasteiger partial charge in [0.15, 0.2) is 0 Å². The smallest absolute Gasteiger partial charge is 0.106 e. The highest BCUT2D eigenvalue weighted by atomic mass is 79.9. The Balaban J connectivity index is 2.27. The summed E-state index contributed by atoms with van der Waals surface area (Å²) in [6, 6.07) is 6.06. The van der Waals surface area contributed by atoms with Gasteiger partial charge in [-0.2, -0.15) is 0 Å². The van der Waals surface area contributed by atoms with Crippen LogP contribution in [0.5, 0.6) is 0 Å². The number of hydrogen-bond acceptors (Lipinski definition) is 3. The number of nitrogens with two attached hydrogens (primary N) is 1. The standard InChI is InChI=1S/C15H22BrN3S/c1-18(2)15(7-4-8-15)10-19(3)13-9-11(16)5-6-12(13)14(17)20/h5-6,9H,4,7-8,10H2,1-3H3,(H2,17,20). The lowest BCUT2D eigenvalue weighted by atomic mass is 9.75. The fourth-order valence-electron chi connectivity index (χ4n) is 2.89. The van der Waals surface area contributed by atoms with Crippen LogP contribution in [0.25, 0.3) is 0 Å². The van der Waals surface area contributed by atoms with Crippen LogP contribution >= 0.6 is 28.1 Å². The monoisotopic (exact) mass is 355 g/mol. The molecular formula is C15H22BrN3S. The van der Waals surface area contributed by atoms with E-state index in [0.717, 1.165) is 22.3 Å². The molecule has 0 atom stereocenters. The van der Waals surface area contributed by atoms with Crippen LogP contribution in [0, 0.1) is 0 Å². The molecule has 0 radical (unpaired) electrons. The maximum absolute atomic E-state index is 5.85. The van der Waals surface area contributed by atoms with Crippen molar-refractivity contribution in [2.24, 2.45) is 5.73 Å². The van der Waals surface area contributed by atoms with E-state index in [0.29, 0.717) is 4.99 Å². The summed E-state index contributed by atoms with van der Waals surface area (Å²) >= 11 is 8.70. The molecule has 1 aromatic carbocycles. The first-order valence-electron chi connectivity index (χ1n) is 6.84. The first-order valence-corrected chi connectivity index (χ1v) is 8.04. The van der Waals surface area contributed by atoms with E-state index in [-0.39, 0.29) is 5.54 Å². The molecule has 110 valence electrons. The molecule has 0 aliphatic heterocycles. The van der Waals surface area contributed by atoms with Crippen LogP contribution in [0.15, 0.2) is 22.7 Å². The zero-order chi connectivity index (χ0) is 14.9. The molecule has 1 aliphatic carbocycles. The van der Waals surface area contributed by atoms with Crippen molar-refractivity contribution >= 4 is 38.8 Å². The zero-order valence-corrected chi connectivity index (χ0v) is 14.7. The molecule has 0 amide bonds. The quantitative estimate of drug-likeness (QED) is 0.823. The molecule has 0 saturated heterocycles. The molecule has 0 heterocycles. The Hall–Kier alpha value is -0.650. The van der Waals surface area contributed by atoms with E-state index >= 15 is 0 Å². The average molecular weight is 356 g/mol. The Morgan fingerprint density at radius 1 is 1.35 bits per heavy atom. The Bertz CT molecular complexity index is 512. The van der Waals surface area contributed by atoms with Crippen molar-refractivity contribution in [3.63, 3.8) is 0 Å². The second kappa shape index (κ2) is 6.00. The summed E-state index contributed by atoms with van der Waals surface area (Å²) in [4.78, 5) is 5.08. The number of likely N-dealkylation sites (N-methyl/N-ethyl adjacent to an activating group) is 2. The lowest BCUT2D eigenvalue weighted by Gasteiger charge is -2.49. The van der Waals surface area contributed by atoms with E-state index < -0.39 is 0 Å². The minimum Gasteiger partial charge on any atom is -0.389 e. The van der Waals surface area contributed by atoms with Crippen LogP contribution in [0.2, 0.25) is 0 Å². The highest BCUT2D eigenvalue weighted by Gasteiger charge is 2.40. The van der Waals surface area contributed by atoms with Crippen molar-refractivity contribution in [2.75, 3.05) is 32.6 Å². The molecule has 1 saturated carbocycles. The topological polar surface area (TPSA) is 32.5 Å². The van der Waals surface area contributed by atoms with Gasteiger partial charge in [0.05, 0.1) is 0 Å². The fraction of sp³-hybridized carbons (Fsp3) is 0.533.